The van der Waals surface area contributed by atoms with Crippen molar-refractivity contribution in [3.8, 4) is 6.07 Å². The Morgan fingerprint density at radius 2 is 2.24 bits per heavy atom. The fourth-order valence-corrected chi connectivity index (χ4v) is 2.24. The van der Waals surface area contributed by atoms with Gasteiger partial charge in [0.05, 0.1) is 0 Å². The van der Waals surface area contributed by atoms with E-state index in [1.807, 2.05) is 19.2 Å². The topological polar surface area (TPSA) is 52.0 Å². The molecule has 1 fully saturated rings. The molecule has 0 amide bonds. The van der Waals surface area contributed by atoms with Crippen LogP contribution in [0.1, 0.15) is 18.5 Å². The average Bonchev–Trinajstić information content (AvgIpc) is 2.40. The highest BCUT2D eigenvalue weighted by molar-refractivity contribution is 5.40. The zero-order chi connectivity index (χ0) is 12.1. The van der Waals surface area contributed by atoms with Gasteiger partial charge in [-0.15, -0.1) is 0 Å². The second kappa shape index (κ2) is 5.65. The van der Waals surface area contributed by atoms with Crippen molar-refractivity contribution in [1.82, 2.24) is 10.3 Å². The third-order valence-corrected chi connectivity index (χ3v) is 3.23. The quantitative estimate of drug-likeness (QED) is 0.852. The number of pyridine rings is 1. The van der Waals surface area contributed by atoms with Gasteiger partial charge in [-0.3, -0.25) is 0 Å². The first-order valence-corrected chi connectivity index (χ1v) is 6.08. The van der Waals surface area contributed by atoms with Crippen molar-refractivity contribution in [2.24, 2.45) is 5.92 Å². The first-order valence-electron chi connectivity index (χ1n) is 6.08. The van der Waals surface area contributed by atoms with E-state index in [0.29, 0.717) is 5.69 Å². The van der Waals surface area contributed by atoms with E-state index in [0.717, 1.165) is 31.4 Å². The monoisotopic (exact) mass is 230 g/mol. The second-order valence-corrected chi connectivity index (χ2v) is 4.57. The minimum Gasteiger partial charge on any atom is -0.359 e. The molecule has 90 valence electrons. The predicted molar refractivity (Wildman–Crippen MR) is 67.8 cm³/mol. The van der Waals surface area contributed by atoms with Crippen molar-refractivity contribution in [3.63, 3.8) is 0 Å². The molecule has 0 aliphatic carbocycles. The van der Waals surface area contributed by atoms with Crippen LogP contribution in [0, 0.1) is 17.2 Å². The van der Waals surface area contributed by atoms with Crippen LogP contribution in [0.3, 0.4) is 0 Å². The Balaban J connectivity index is 1.98. The number of hydrogen-bond acceptors (Lipinski definition) is 4. The zero-order valence-electron chi connectivity index (χ0n) is 10.2. The van der Waals surface area contributed by atoms with E-state index in [4.69, 9.17) is 5.26 Å². The van der Waals surface area contributed by atoms with Gasteiger partial charge in [0.2, 0.25) is 0 Å². The summed E-state index contributed by atoms with van der Waals surface area (Å²) in [5.74, 6) is 1.62. The Morgan fingerprint density at radius 3 is 2.94 bits per heavy atom. The Hall–Kier alpha value is -1.60. The molecular weight excluding hydrogens is 212 g/mol. The van der Waals surface area contributed by atoms with Crippen LogP contribution >= 0.6 is 0 Å². The summed E-state index contributed by atoms with van der Waals surface area (Å²) >= 11 is 0. The van der Waals surface area contributed by atoms with Gasteiger partial charge in [0, 0.05) is 13.6 Å². The van der Waals surface area contributed by atoms with E-state index in [1.165, 1.54) is 12.8 Å². The van der Waals surface area contributed by atoms with Crippen LogP contribution in [-0.4, -0.2) is 31.7 Å². The molecule has 1 aliphatic rings. The molecule has 0 unspecified atom stereocenters. The lowest BCUT2D eigenvalue weighted by Crippen LogP contribution is -2.34. The lowest BCUT2D eigenvalue weighted by atomic mass is 9.98. The van der Waals surface area contributed by atoms with E-state index < -0.39 is 0 Å². The van der Waals surface area contributed by atoms with Gasteiger partial charge in [-0.2, -0.15) is 5.26 Å². The molecule has 2 rings (SSSR count). The Bertz CT molecular complexity index is 404. The first-order chi connectivity index (χ1) is 8.29. The van der Waals surface area contributed by atoms with Crippen molar-refractivity contribution < 1.29 is 0 Å². The molecule has 2 heterocycles. The normalized spacial score (nSPS) is 16.5. The van der Waals surface area contributed by atoms with Crippen LogP contribution in [0.2, 0.25) is 0 Å². The third kappa shape index (κ3) is 3.18. The second-order valence-electron chi connectivity index (χ2n) is 4.57. The molecule has 0 aromatic carbocycles. The fraction of sp³-hybridized carbons (Fsp3) is 0.538. The Morgan fingerprint density at radius 1 is 1.47 bits per heavy atom. The van der Waals surface area contributed by atoms with Crippen LogP contribution in [0.4, 0.5) is 5.82 Å². The molecule has 4 nitrogen and oxygen atoms in total. The molecule has 1 aliphatic heterocycles. The number of aromatic nitrogens is 1. The van der Waals surface area contributed by atoms with Crippen LogP contribution in [0.5, 0.6) is 0 Å². The maximum absolute atomic E-state index is 8.83. The highest BCUT2D eigenvalue weighted by Crippen LogP contribution is 2.16. The molecule has 0 radical (unpaired) electrons. The third-order valence-electron chi connectivity index (χ3n) is 3.23. The van der Waals surface area contributed by atoms with E-state index in [2.05, 4.69) is 21.3 Å². The van der Waals surface area contributed by atoms with Crippen LogP contribution in [0.25, 0.3) is 0 Å². The molecule has 17 heavy (non-hydrogen) atoms. The van der Waals surface area contributed by atoms with Gasteiger partial charge < -0.3 is 10.2 Å². The molecule has 0 spiro atoms. The SMILES string of the molecule is CN(CC1CCNCC1)c1cccc(C#N)n1. The van der Waals surface area contributed by atoms with Crippen molar-refractivity contribution in [1.29, 1.82) is 5.26 Å². The molecule has 4 heteroatoms. The molecule has 0 atom stereocenters. The van der Waals surface area contributed by atoms with Crippen LogP contribution < -0.4 is 10.2 Å². The molecule has 0 bridgehead atoms. The number of piperidine rings is 1. The van der Waals surface area contributed by atoms with Gasteiger partial charge in [-0.1, -0.05) is 6.07 Å². The molecule has 0 saturated carbocycles. The highest BCUT2D eigenvalue weighted by atomic mass is 15.2. The summed E-state index contributed by atoms with van der Waals surface area (Å²) in [5, 5.41) is 12.2. The van der Waals surface area contributed by atoms with Gasteiger partial charge >= 0.3 is 0 Å². The lowest BCUT2D eigenvalue weighted by Gasteiger charge is -2.28. The number of anilines is 1. The molecule has 1 saturated heterocycles. The number of hydrogen-bond donors (Lipinski definition) is 1. The number of rotatable bonds is 3. The summed E-state index contributed by atoms with van der Waals surface area (Å²) in [7, 11) is 2.05. The summed E-state index contributed by atoms with van der Waals surface area (Å²) in [6.45, 7) is 3.25. The fourth-order valence-electron chi connectivity index (χ4n) is 2.24. The highest BCUT2D eigenvalue weighted by Gasteiger charge is 2.15. The number of nitrogens with zero attached hydrogens (tertiary/aromatic N) is 3. The molecular formula is C13H18N4. The standard InChI is InChI=1S/C13H18N4/c1-17(10-11-5-7-15-8-6-11)13-4-2-3-12(9-14)16-13/h2-4,11,15H,5-8,10H2,1H3. The Labute approximate surface area is 102 Å². The van der Waals surface area contributed by atoms with E-state index in [-0.39, 0.29) is 0 Å². The average molecular weight is 230 g/mol. The zero-order valence-corrected chi connectivity index (χ0v) is 10.2. The van der Waals surface area contributed by atoms with Gasteiger partial charge in [0.15, 0.2) is 0 Å². The van der Waals surface area contributed by atoms with Gasteiger partial charge in [0.1, 0.15) is 17.6 Å². The van der Waals surface area contributed by atoms with E-state index in [9.17, 15) is 0 Å². The maximum atomic E-state index is 8.83. The summed E-state index contributed by atoms with van der Waals surface area (Å²) in [5.41, 5.74) is 0.486. The van der Waals surface area contributed by atoms with Gasteiger partial charge in [-0.25, -0.2) is 4.98 Å². The van der Waals surface area contributed by atoms with Gasteiger partial charge in [-0.05, 0) is 44.0 Å². The van der Waals surface area contributed by atoms with E-state index >= 15 is 0 Å². The summed E-state index contributed by atoms with van der Waals surface area (Å²) < 4.78 is 0. The minimum atomic E-state index is 0.486. The van der Waals surface area contributed by atoms with Crippen LogP contribution in [-0.2, 0) is 0 Å². The largest absolute Gasteiger partial charge is 0.359 e. The van der Waals surface area contributed by atoms with Crippen molar-refractivity contribution in [3.05, 3.63) is 23.9 Å². The summed E-state index contributed by atoms with van der Waals surface area (Å²) in [4.78, 5) is 6.46. The number of nitrogens with one attached hydrogen (secondary N) is 1. The van der Waals surface area contributed by atoms with Crippen molar-refractivity contribution in [2.75, 3.05) is 31.6 Å². The lowest BCUT2D eigenvalue weighted by molar-refractivity contribution is 0.377. The predicted octanol–water partition coefficient (Wildman–Crippen LogP) is 1.39. The number of nitriles is 1. The van der Waals surface area contributed by atoms with Crippen LogP contribution in [0.15, 0.2) is 18.2 Å². The van der Waals surface area contributed by atoms with E-state index in [1.54, 1.807) is 6.07 Å². The maximum Gasteiger partial charge on any atom is 0.142 e. The van der Waals surface area contributed by atoms with Gasteiger partial charge in [0.25, 0.3) is 0 Å². The Kier molecular flexibility index (Phi) is 3.94. The minimum absolute atomic E-state index is 0.486. The smallest absolute Gasteiger partial charge is 0.142 e. The molecule has 1 N–H and O–H groups in total. The van der Waals surface area contributed by atoms with Crippen molar-refractivity contribution in [2.45, 2.75) is 12.8 Å². The summed E-state index contributed by atoms with van der Waals surface area (Å²) in [6.07, 6.45) is 2.45. The summed E-state index contributed by atoms with van der Waals surface area (Å²) in [6, 6.07) is 7.66. The van der Waals surface area contributed by atoms with Crippen molar-refractivity contribution >= 4 is 5.82 Å². The first kappa shape index (κ1) is 11.9. The molecule has 1 aromatic heterocycles. The molecule has 1 aromatic rings.